The molecule has 1 unspecified atom stereocenters. The Morgan fingerprint density at radius 1 is 1.20 bits per heavy atom. The zero-order valence-electron chi connectivity index (χ0n) is 11.0. The molecule has 0 heterocycles. The molecule has 1 N–H and O–H groups in total. The van der Waals surface area contributed by atoms with Crippen molar-refractivity contribution in [3.63, 3.8) is 0 Å². The van der Waals surface area contributed by atoms with Gasteiger partial charge in [-0.3, -0.25) is 0 Å². The van der Waals surface area contributed by atoms with E-state index >= 15 is 0 Å². The van der Waals surface area contributed by atoms with Gasteiger partial charge in [-0.25, -0.2) is 4.39 Å². The number of hydrogen-bond acceptors (Lipinski definition) is 2. The maximum absolute atomic E-state index is 13.7. The zero-order chi connectivity index (χ0) is 14.6. The van der Waals surface area contributed by atoms with Crippen LogP contribution in [0.15, 0.2) is 53.0 Å². The van der Waals surface area contributed by atoms with Crippen molar-refractivity contribution < 1.29 is 4.39 Å². The Labute approximate surface area is 126 Å². The largest absolute Gasteiger partial charge is 0.367 e. The highest BCUT2D eigenvalue weighted by molar-refractivity contribution is 9.10. The van der Waals surface area contributed by atoms with Gasteiger partial charge in [0.15, 0.2) is 0 Å². The second-order valence-electron chi connectivity index (χ2n) is 4.84. The molecule has 2 aromatic rings. The van der Waals surface area contributed by atoms with Gasteiger partial charge in [0.1, 0.15) is 11.4 Å². The molecule has 0 radical (unpaired) electrons. The van der Waals surface area contributed by atoms with Crippen LogP contribution in [0.4, 0.5) is 10.1 Å². The summed E-state index contributed by atoms with van der Waals surface area (Å²) in [6, 6.07) is 16.3. The van der Waals surface area contributed by atoms with Crippen LogP contribution in [-0.2, 0) is 6.42 Å². The molecule has 0 fully saturated rings. The minimum absolute atomic E-state index is 0.286. The third-order valence-corrected chi connectivity index (χ3v) is 3.54. The SMILES string of the molecule is CC(C#N)(Cc1ccccc1F)Nc1ccc(Br)cc1. The molecule has 0 spiro atoms. The third kappa shape index (κ3) is 3.58. The molecule has 0 aliphatic rings. The molecule has 4 heteroatoms. The van der Waals surface area contributed by atoms with E-state index in [1.54, 1.807) is 25.1 Å². The van der Waals surface area contributed by atoms with Crippen molar-refractivity contribution in [1.82, 2.24) is 0 Å². The van der Waals surface area contributed by atoms with Crippen LogP contribution in [0.1, 0.15) is 12.5 Å². The van der Waals surface area contributed by atoms with E-state index in [0.29, 0.717) is 12.0 Å². The minimum atomic E-state index is -0.865. The van der Waals surface area contributed by atoms with E-state index < -0.39 is 5.54 Å². The van der Waals surface area contributed by atoms with Crippen LogP contribution in [0.5, 0.6) is 0 Å². The second-order valence-corrected chi connectivity index (χ2v) is 5.76. The van der Waals surface area contributed by atoms with E-state index in [1.807, 2.05) is 24.3 Å². The Bertz CT molecular complexity index is 634. The highest BCUT2D eigenvalue weighted by Gasteiger charge is 2.25. The predicted molar refractivity (Wildman–Crippen MR) is 81.9 cm³/mol. The van der Waals surface area contributed by atoms with Crippen LogP contribution in [0.2, 0.25) is 0 Å². The van der Waals surface area contributed by atoms with Crippen molar-refractivity contribution in [2.24, 2.45) is 0 Å². The van der Waals surface area contributed by atoms with Crippen molar-refractivity contribution in [2.75, 3.05) is 5.32 Å². The Hall–Kier alpha value is -1.86. The lowest BCUT2D eigenvalue weighted by molar-refractivity contribution is 0.575. The summed E-state index contributed by atoms with van der Waals surface area (Å²) in [6.07, 6.45) is 0.298. The molecule has 102 valence electrons. The summed E-state index contributed by atoms with van der Waals surface area (Å²) in [7, 11) is 0. The lowest BCUT2D eigenvalue weighted by Crippen LogP contribution is -2.35. The summed E-state index contributed by atoms with van der Waals surface area (Å²) < 4.78 is 14.7. The van der Waals surface area contributed by atoms with Gasteiger partial charge in [0, 0.05) is 16.6 Å². The monoisotopic (exact) mass is 332 g/mol. The van der Waals surface area contributed by atoms with Gasteiger partial charge in [0.25, 0.3) is 0 Å². The molecule has 20 heavy (non-hydrogen) atoms. The fourth-order valence-electron chi connectivity index (χ4n) is 1.99. The number of hydrogen-bond donors (Lipinski definition) is 1. The quantitative estimate of drug-likeness (QED) is 0.893. The molecular weight excluding hydrogens is 319 g/mol. The smallest absolute Gasteiger partial charge is 0.126 e. The number of nitrogens with one attached hydrogen (secondary N) is 1. The normalized spacial score (nSPS) is 13.3. The first-order valence-electron chi connectivity index (χ1n) is 6.21. The fourth-order valence-corrected chi connectivity index (χ4v) is 2.25. The number of nitrogens with zero attached hydrogens (tertiary/aromatic N) is 1. The summed E-state index contributed by atoms with van der Waals surface area (Å²) in [5.41, 5.74) is 0.491. The van der Waals surface area contributed by atoms with Gasteiger partial charge in [-0.1, -0.05) is 34.1 Å². The van der Waals surface area contributed by atoms with Crippen LogP contribution >= 0.6 is 15.9 Å². The molecular formula is C16H14BrFN2. The summed E-state index contributed by atoms with van der Waals surface area (Å²) in [4.78, 5) is 0. The second kappa shape index (κ2) is 6.06. The average Bonchev–Trinajstić information content (AvgIpc) is 2.44. The van der Waals surface area contributed by atoms with E-state index in [-0.39, 0.29) is 5.82 Å². The lowest BCUT2D eigenvalue weighted by atomic mass is 9.93. The molecule has 0 amide bonds. The first-order valence-corrected chi connectivity index (χ1v) is 7.00. The molecule has 0 aliphatic carbocycles. The summed E-state index contributed by atoms with van der Waals surface area (Å²) >= 11 is 3.36. The molecule has 0 saturated carbocycles. The first-order chi connectivity index (χ1) is 9.52. The maximum Gasteiger partial charge on any atom is 0.126 e. The van der Waals surface area contributed by atoms with Crippen molar-refractivity contribution in [3.8, 4) is 6.07 Å². The third-order valence-electron chi connectivity index (χ3n) is 3.01. The van der Waals surface area contributed by atoms with E-state index in [4.69, 9.17) is 0 Å². The van der Waals surface area contributed by atoms with Gasteiger partial charge in [0.2, 0.25) is 0 Å². The minimum Gasteiger partial charge on any atom is -0.367 e. The van der Waals surface area contributed by atoms with Gasteiger partial charge < -0.3 is 5.32 Å². The molecule has 1 atom stereocenters. The Morgan fingerprint density at radius 2 is 1.85 bits per heavy atom. The van der Waals surface area contributed by atoms with Crippen LogP contribution in [0.25, 0.3) is 0 Å². The average molecular weight is 333 g/mol. The number of halogens is 2. The molecule has 0 saturated heterocycles. The zero-order valence-corrected chi connectivity index (χ0v) is 12.6. The Kier molecular flexibility index (Phi) is 4.41. The number of rotatable bonds is 4. The molecule has 2 nitrogen and oxygen atoms in total. The highest BCUT2D eigenvalue weighted by Crippen LogP contribution is 2.22. The van der Waals surface area contributed by atoms with Crippen molar-refractivity contribution in [2.45, 2.75) is 18.9 Å². The topological polar surface area (TPSA) is 35.8 Å². The highest BCUT2D eigenvalue weighted by atomic mass is 79.9. The predicted octanol–water partition coefficient (Wildman–Crippen LogP) is 4.53. The van der Waals surface area contributed by atoms with Crippen LogP contribution < -0.4 is 5.32 Å². The molecule has 2 aromatic carbocycles. The van der Waals surface area contributed by atoms with Gasteiger partial charge in [-0.15, -0.1) is 0 Å². The lowest BCUT2D eigenvalue weighted by Gasteiger charge is -2.25. The van der Waals surface area contributed by atoms with Crippen molar-refractivity contribution in [1.29, 1.82) is 5.26 Å². The van der Waals surface area contributed by atoms with Gasteiger partial charge in [0.05, 0.1) is 6.07 Å². The van der Waals surface area contributed by atoms with E-state index in [2.05, 4.69) is 27.3 Å². The van der Waals surface area contributed by atoms with Gasteiger partial charge in [-0.05, 0) is 42.8 Å². The van der Waals surface area contributed by atoms with Crippen LogP contribution in [0.3, 0.4) is 0 Å². The van der Waals surface area contributed by atoms with E-state index in [1.165, 1.54) is 6.07 Å². The molecule has 0 aliphatic heterocycles. The van der Waals surface area contributed by atoms with Crippen molar-refractivity contribution in [3.05, 3.63) is 64.4 Å². The van der Waals surface area contributed by atoms with E-state index in [9.17, 15) is 9.65 Å². The Balaban J connectivity index is 2.19. The molecule has 2 rings (SSSR count). The standard InChI is InChI=1S/C16H14BrFN2/c1-16(11-19,10-12-4-2-3-5-15(12)18)20-14-8-6-13(17)7-9-14/h2-9,20H,10H2,1H3. The summed E-state index contributed by atoms with van der Waals surface area (Å²) in [6.45, 7) is 1.77. The Morgan fingerprint density at radius 3 is 2.45 bits per heavy atom. The fraction of sp³-hybridized carbons (Fsp3) is 0.188. The summed E-state index contributed by atoms with van der Waals surface area (Å²) in [5.74, 6) is -0.286. The molecule has 0 bridgehead atoms. The van der Waals surface area contributed by atoms with Crippen LogP contribution in [-0.4, -0.2) is 5.54 Å². The number of anilines is 1. The van der Waals surface area contributed by atoms with Crippen molar-refractivity contribution >= 4 is 21.6 Å². The van der Waals surface area contributed by atoms with Crippen LogP contribution in [0, 0.1) is 17.1 Å². The number of nitriles is 1. The van der Waals surface area contributed by atoms with Gasteiger partial charge >= 0.3 is 0 Å². The molecule has 0 aromatic heterocycles. The van der Waals surface area contributed by atoms with Gasteiger partial charge in [-0.2, -0.15) is 5.26 Å². The number of benzene rings is 2. The first kappa shape index (κ1) is 14.5. The summed E-state index contributed by atoms with van der Waals surface area (Å²) in [5, 5.41) is 12.6. The van der Waals surface area contributed by atoms with E-state index in [0.717, 1.165) is 10.2 Å². The maximum atomic E-state index is 13.7.